The smallest absolute Gasteiger partial charge is 0.120 e. The highest BCUT2D eigenvalue weighted by atomic mass is 35.5. The minimum atomic E-state index is 0.369. The summed E-state index contributed by atoms with van der Waals surface area (Å²) in [6, 6.07) is 15.8. The van der Waals surface area contributed by atoms with Gasteiger partial charge in [0.15, 0.2) is 0 Å². The summed E-state index contributed by atoms with van der Waals surface area (Å²) in [4.78, 5) is 4.31. The molecule has 1 aromatic heterocycles. The molecule has 108 valence electrons. The van der Waals surface area contributed by atoms with Crippen molar-refractivity contribution in [2.75, 3.05) is 0 Å². The normalized spacial score (nSPS) is 10.4. The molecule has 2 aromatic carbocycles. The maximum atomic E-state index is 9.06. The zero-order chi connectivity index (χ0) is 15.5. The van der Waals surface area contributed by atoms with Gasteiger partial charge in [0.2, 0.25) is 0 Å². The number of nitriles is 1. The summed E-state index contributed by atoms with van der Waals surface area (Å²) in [5, 5.41) is 10.2. The molecule has 0 N–H and O–H groups in total. The zero-order valence-electron chi connectivity index (χ0n) is 12.0. The molecule has 3 nitrogen and oxygen atoms in total. The lowest BCUT2D eigenvalue weighted by molar-refractivity contribution is 0.306. The maximum Gasteiger partial charge on any atom is 0.120 e. The number of pyridine rings is 1. The van der Waals surface area contributed by atoms with E-state index in [-0.39, 0.29) is 0 Å². The van der Waals surface area contributed by atoms with Crippen molar-refractivity contribution in [1.29, 1.82) is 5.26 Å². The van der Waals surface area contributed by atoms with E-state index in [2.05, 4.69) is 4.98 Å². The second-order valence-electron chi connectivity index (χ2n) is 5.01. The zero-order valence-corrected chi connectivity index (χ0v) is 12.8. The summed E-state index contributed by atoms with van der Waals surface area (Å²) >= 11 is 6.28. The van der Waals surface area contributed by atoms with Gasteiger partial charge in [-0.25, -0.2) is 0 Å². The fourth-order valence-corrected chi connectivity index (χ4v) is 2.55. The first-order valence-electron chi connectivity index (χ1n) is 6.84. The first-order chi connectivity index (χ1) is 10.7. The predicted octanol–water partition coefficient (Wildman–Crippen LogP) is 4.65. The van der Waals surface area contributed by atoms with Gasteiger partial charge in [-0.2, -0.15) is 5.26 Å². The van der Waals surface area contributed by atoms with E-state index in [0.29, 0.717) is 22.9 Å². The highest BCUT2D eigenvalue weighted by Gasteiger charge is 2.10. The van der Waals surface area contributed by atoms with Crippen LogP contribution in [0.2, 0.25) is 5.02 Å². The van der Waals surface area contributed by atoms with E-state index >= 15 is 0 Å². The lowest BCUT2D eigenvalue weighted by Crippen LogP contribution is -1.96. The summed E-state index contributed by atoms with van der Waals surface area (Å²) < 4.78 is 5.84. The Bertz CT molecular complexity index is 870. The van der Waals surface area contributed by atoms with E-state index in [1.165, 1.54) is 6.20 Å². The van der Waals surface area contributed by atoms with Crippen molar-refractivity contribution in [2.24, 2.45) is 0 Å². The van der Waals surface area contributed by atoms with Gasteiger partial charge in [-0.15, -0.1) is 0 Å². The van der Waals surface area contributed by atoms with Crippen LogP contribution in [0.1, 0.15) is 16.7 Å². The molecule has 4 heteroatoms. The largest absolute Gasteiger partial charge is 0.489 e. The molecule has 22 heavy (non-hydrogen) atoms. The summed E-state index contributed by atoms with van der Waals surface area (Å²) in [5.41, 5.74) is 3.21. The van der Waals surface area contributed by atoms with Crippen LogP contribution in [0.15, 0.2) is 48.7 Å². The molecule has 3 rings (SSSR count). The monoisotopic (exact) mass is 308 g/mol. The molecule has 0 atom stereocenters. The van der Waals surface area contributed by atoms with Gasteiger partial charge in [0.25, 0.3) is 0 Å². The van der Waals surface area contributed by atoms with Crippen LogP contribution in [0.5, 0.6) is 5.75 Å². The standard InChI is InChI=1S/C18H13ClN2O/c1-12-7-15(22-11-13-5-3-2-4-6-13)8-16-17(19)14(9-20)10-21-18(12)16/h2-8,10H,11H2,1H3. The highest BCUT2D eigenvalue weighted by molar-refractivity contribution is 6.36. The van der Waals surface area contributed by atoms with Crippen molar-refractivity contribution in [3.63, 3.8) is 0 Å². The molecule has 0 amide bonds. The third-order valence-corrected chi connectivity index (χ3v) is 3.85. The molecule has 3 aromatic rings. The summed E-state index contributed by atoms with van der Waals surface area (Å²) in [7, 11) is 0. The average molecular weight is 309 g/mol. The Kier molecular flexibility index (Phi) is 3.95. The Morgan fingerprint density at radius 3 is 2.73 bits per heavy atom. The molecule has 0 unspecified atom stereocenters. The fourth-order valence-electron chi connectivity index (χ4n) is 2.32. The number of fused-ring (bicyclic) bond motifs is 1. The van der Waals surface area contributed by atoms with Crippen LogP contribution in [0.4, 0.5) is 0 Å². The maximum absolute atomic E-state index is 9.06. The number of ether oxygens (including phenoxy) is 1. The van der Waals surface area contributed by atoms with Crippen LogP contribution in [0.25, 0.3) is 10.9 Å². The molecule has 0 spiro atoms. The van der Waals surface area contributed by atoms with E-state index in [0.717, 1.165) is 22.0 Å². The van der Waals surface area contributed by atoms with Gasteiger partial charge in [-0.05, 0) is 30.2 Å². The summed E-state index contributed by atoms with van der Waals surface area (Å²) in [6.45, 7) is 2.43. The number of aryl methyl sites for hydroxylation is 1. The van der Waals surface area contributed by atoms with Crippen LogP contribution in [-0.4, -0.2) is 4.98 Å². The summed E-state index contributed by atoms with van der Waals surface area (Å²) in [6.07, 6.45) is 1.50. The molecule has 0 aliphatic carbocycles. The Morgan fingerprint density at radius 2 is 2.00 bits per heavy atom. The minimum absolute atomic E-state index is 0.369. The number of hydrogen-bond donors (Lipinski definition) is 0. The molecule has 0 radical (unpaired) electrons. The Balaban J connectivity index is 1.97. The number of halogens is 1. The molecule has 0 saturated carbocycles. The fraction of sp³-hybridized carbons (Fsp3) is 0.111. The molecular formula is C18H13ClN2O. The van der Waals surface area contributed by atoms with Gasteiger partial charge in [0, 0.05) is 11.6 Å². The number of benzene rings is 2. The number of aromatic nitrogens is 1. The van der Waals surface area contributed by atoms with Gasteiger partial charge in [0.05, 0.1) is 16.1 Å². The highest BCUT2D eigenvalue weighted by Crippen LogP contribution is 2.31. The van der Waals surface area contributed by atoms with Crippen molar-refractivity contribution in [3.05, 3.63) is 70.4 Å². The van der Waals surface area contributed by atoms with Crippen LogP contribution >= 0.6 is 11.6 Å². The first-order valence-corrected chi connectivity index (χ1v) is 7.22. The molecule has 1 heterocycles. The topological polar surface area (TPSA) is 45.9 Å². The van der Waals surface area contributed by atoms with Crippen molar-refractivity contribution in [1.82, 2.24) is 4.98 Å². The van der Waals surface area contributed by atoms with Gasteiger partial charge in [0.1, 0.15) is 18.4 Å². The van der Waals surface area contributed by atoms with E-state index in [1.807, 2.05) is 55.5 Å². The molecule has 0 saturated heterocycles. The van der Waals surface area contributed by atoms with Gasteiger partial charge in [-0.1, -0.05) is 41.9 Å². The van der Waals surface area contributed by atoms with Crippen molar-refractivity contribution in [2.45, 2.75) is 13.5 Å². The lowest BCUT2D eigenvalue weighted by atomic mass is 10.1. The second kappa shape index (κ2) is 6.05. The molecule has 0 aliphatic rings. The van der Waals surface area contributed by atoms with Gasteiger partial charge < -0.3 is 4.74 Å². The number of hydrogen-bond acceptors (Lipinski definition) is 3. The van der Waals surface area contributed by atoms with E-state index in [4.69, 9.17) is 21.6 Å². The van der Waals surface area contributed by atoms with Crippen molar-refractivity contribution >= 4 is 22.5 Å². The third-order valence-electron chi connectivity index (χ3n) is 3.44. The van der Waals surface area contributed by atoms with Gasteiger partial charge >= 0.3 is 0 Å². The molecule has 0 aliphatic heterocycles. The average Bonchev–Trinajstić information content (AvgIpc) is 2.55. The lowest BCUT2D eigenvalue weighted by Gasteiger charge is -2.10. The minimum Gasteiger partial charge on any atom is -0.489 e. The summed E-state index contributed by atoms with van der Waals surface area (Å²) in [5.74, 6) is 0.715. The van der Waals surface area contributed by atoms with Crippen molar-refractivity contribution < 1.29 is 4.74 Å². The molecular weight excluding hydrogens is 296 g/mol. The second-order valence-corrected chi connectivity index (χ2v) is 5.39. The van der Waals surface area contributed by atoms with Crippen LogP contribution in [-0.2, 0) is 6.61 Å². The van der Waals surface area contributed by atoms with Crippen LogP contribution < -0.4 is 4.74 Å². The van der Waals surface area contributed by atoms with E-state index < -0.39 is 0 Å². The molecule has 0 fully saturated rings. The third kappa shape index (κ3) is 2.74. The first kappa shape index (κ1) is 14.4. The van der Waals surface area contributed by atoms with E-state index in [9.17, 15) is 0 Å². The molecule has 0 bridgehead atoms. The predicted molar refractivity (Wildman–Crippen MR) is 87.0 cm³/mol. The van der Waals surface area contributed by atoms with Gasteiger partial charge in [-0.3, -0.25) is 4.98 Å². The quantitative estimate of drug-likeness (QED) is 0.707. The SMILES string of the molecule is Cc1cc(OCc2ccccc2)cc2c(Cl)c(C#N)cnc12. The Labute approximate surface area is 133 Å². The Hall–Kier alpha value is -2.57. The van der Waals surface area contributed by atoms with Crippen LogP contribution in [0.3, 0.4) is 0 Å². The van der Waals surface area contributed by atoms with E-state index in [1.54, 1.807) is 0 Å². The number of rotatable bonds is 3. The van der Waals surface area contributed by atoms with Crippen LogP contribution in [0, 0.1) is 18.3 Å². The van der Waals surface area contributed by atoms with Crippen molar-refractivity contribution in [3.8, 4) is 11.8 Å². The Morgan fingerprint density at radius 1 is 1.23 bits per heavy atom. The number of nitrogens with zero attached hydrogens (tertiary/aromatic N) is 2.